The van der Waals surface area contributed by atoms with Gasteiger partial charge in [-0.3, -0.25) is 4.79 Å². The number of carbonyl (C=O) groups excluding carboxylic acids is 2. The molecule has 0 aliphatic rings. The molecule has 1 amide bonds. The van der Waals surface area contributed by atoms with Crippen molar-refractivity contribution >= 4 is 27.8 Å². The summed E-state index contributed by atoms with van der Waals surface area (Å²) in [7, 11) is 1.30. The maximum Gasteiger partial charge on any atom is 0.329 e. The van der Waals surface area contributed by atoms with Crippen molar-refractivity contribution in [3.8, 4) is 0 Å². The quantitative estimate of drug-likeness (QED) is 0.770. The fourth-order valence-electron chi connectivity index (χ4n) is 1.59. The van der Waals surface area contributed by atoms with Crippen LogP contribution in [0.25, 0.3) is 0 Å². The van der Waals surface area contributed by atoms with Gasteiger partial charge in [-0.15, -0.1) is 0 Å². The van der Waals surface area contributed by atoms with Crippen LogP contribution in [0.3, 0.4) is 0 Å². The molecule has 1 unspecified atom stereocenters. The zero-order valence-electron chi connectivity index (χ0n) is 10.9. The third-order valence-electron chi connectivity index (χ3n) is 2.43. The highest BCUT2D eigenvalue weighted by atomic mass is 79.9. The van der Waals surface area contributed by atoms with Gasteiger partial charge < -0.3 is 15.4 Å². The monoisotopic (exact) mass is 328 g/mol. The van der Waals surface area contributed by atoms with E-state index in [2.05, 4.69) is 31.3 Å². The van der Waals surface area contributed by atoms with Crippen molar-refractivity contribution in [2.24, 2.45) is 0 Å². The SMILES string of the molecule is COC(=O)C(CNCc1cccc(Br)c1)NC(C)=O. The predicted octanol–water partition coefficient (Wildman–Crippen LogP) is 1.22. The molecule has 0 saturated heterocycles. The summed E-state index contributed by atoms with van der Waals surface area (Å²) in [6.45, 7) is 2.29. The van der Waals surface area contributed by atoms with Gasteiger partial charge in [-0.25, -0.2) is 4.79 Å². The van der Waals surface area contributed by atoms with E-state index in [9.17, 15) is 9.59 Å². The lowest BCUT2D eigenvalue weighted by Gasteiger charge is -2.16. The van der Waals surface area contributed by atoms with Crippen LogP contribution in [-0.2, 0) is 20.9 Å². The fraction of sp³-hybridized carbons (Fsp3) is 0.385. The molecule has 1 atom stereocenters. The van der Waals surface area contributed by atoms with Gasteiger partial charge in [0.05, 0.1) is 7.11 Å². The summed E-state index contributed by atoms with van der Waals surface area (Å²) in [4.78, 5) is 22.5. The molecule has 0 aliphatic carbocycles. The number of halogens is 1. The molecule has 19 heavy (non-hydrogen) atoms. The Labute approximate surface area is 120 Å². The van der Waals surface area contributed by atoms with Crippen LogP contribution in [0.2, 0.25) is 0 Å². The lowest BCUT2D eigenvalue weighted by molar-refractivity contribution is -0.144. The average Bonchev–Trinajstić information content (AvgIpc) is 2.36. The Bertz CT molecular complexity index is 451. The average molecular weight is 329 g/mol. The van der Waals surface area contributed by atoms with Gasteiger partial charge in [0.25, 0.3) is 0 Å². The zero-order chi connectivity index (χ0) is 14.3. The van der Waals surface area contributed by atoms with Crippen LogP contribution in [0, 0.1) is 0 Å². The van der Waals surface area contributed by atoms with Gasteiger partial charge in [0.2, 0.25) is 5.91 Å². The van der Waals surface area contributed by atoms with Crippen LogP contribution < -0.4 is 10.6 Å². The minimum atomic E-state index is -0.672. The lowest BCUT2D eigenvalue weighted by Crippen LogP contribution is -2.46. The van der Waals surface area contributed by atoms with Crippen LogP contribution in [-0.4, -0.2) is 31.6 Å². The number of hydrogen-bond donors (Lipinski definition) is 2. The Morgan fingerprint density at radius 1 is 1.42 bits per heavy atom. The van der Waals surface area contributed by atoms with Gasteiger partial charge >= 0.3 is 5.97 Å². The maximum atomic E-state index is 11.5. The topological polar surface area (TPSA) is 67.4 Å². The van der Waals surface area contributed by atoms with Gasteiger partial charge in [-0.2, -0.15) is 0 Å². The first-order valence-electron chi connectivity index (χ1n) is 5.83. The Morgan fingerprint density at radius 2 is 2.16 bits per heavy atom. The number of rotatable bonds is 6. The highest BCUT2D eigenvalue weighted by Crippen LogP contribution is 2.11. The first kappa shape index (κ1) is 15.7. The second-order valence-electron chi connectivity index (χ2n) is 4.04. The van der Waals surface area contributed by atoms with E-state index in [1.165, 1.54) is 14.0 Å². The molecular weight excluding hydrogens is 312 g/mol. The molecule has 0 spiro atoms. The molecule has 104 valence electrons. The smallest absolute Gasteiger partial charge is 0.329 e. The second kappa shape index (κ2) is 7.91. The molecule has 0 radical (unpaired) electrons. The Morgan fingerprint density at radius 3 is 2.74 bits per heavy atom. The highest BCUT2D eigenvalue weighted by molar-refractivity contribution is 9.10. The number of carbonyl (C=O) groups is 2. The van der Waals surface area contributed by atoms with Crippen molar-refractivity contribution in [1.82, 2.24) is 10.6 Å². The lowest BCUT2D eigenvalue weighted by atomic mass is 10.2. The maximum absolute atomic E-state index is 11.5. The molecule has 0 fully saturated rings. The van der Waals surface area contributed by atoms with E-state index in [1.807, 2.05) is 24.3 Å². The molecule has 0 heterocycles. The summed E-state index contributed by atoms with van der Waals surface area (Å²) in [5.41, 5.74) is 1.08. The molecule has 1 aromatic carbocycles. The van der Waals surface area contributed by atoms with E-state index in [-0.39, 0.29) is 5.91 Å². The van der Waals surface area contributed by atoms with Crippen molar-refractivity contribution < 1.29 is 14.3 Å². The molecule has 0 aromatic heterocycles. The number of esters is 1. The predicted molar refractivity (Wildman–Crippen MR) is 75.5 cm³/mol. The van der Waals surface area contributed by atoms with Crippen LogP contribution in [0.4, 0.5) is 0 Å². The van der Waals surface area contributed by atoms with Crippen LogP contribution in [0.1, 0.15) is 12.5 Å². The third kappa shape index (κ3) is 5.85. The van der Waals surface area contributed by atoms with Crippen molar-refractivity contribution in [1.29, 1.82) is 0 Å². The van der Waals surface area contributed by atoms with Crippen LogP contribution in [0.15, 0.2) is 28.7 Å². The molecule has 0 bridgehead atoms. The van der Waals surface area contributed by atoms with Crippen molar-refractivity contribution in [3.05, 3.63) is 34.3 Å². The summed E-state index contributed by atoms with van der Waals surface area (Å²) >= 11 is 3.39. The van der Waals surface area contributed by atoms with Crippen molar-refractivity contribution in [3.63, 3.8) is 0 Å². The molecule has 2 N–H and O–H groups in total. The van der Waals surface area contributed by atoms with E-state index >= 15 is 0 Å². The number of benzene rings is 1. The summed E-state index contributed by atoms with van der Waals surface area (Å²) in [5, 5.41) is 5.66. The van der Waals surface area contributed by atoms with E-state index in [0.29, 0.717) is 13.1 Å². The van der Waals surface area contributed by atoms with Gasteiger partial charge in [-0.1, -0.05) is 28.1 Å². The number of methoxy groups -OCH3 is 1. The van der Waals surface area contributed by atoms with Gasteiger partial charge in [0, 0.05) is 24.5 Å². The number of ether oxygens (including phenoxy) is 1. The molecule has 0 aliphatic heterocycles. The fourth-order valence-corrected chi connectivity index (χ4v) is 2.04. The minimum absolute atomic E-state index is 0.264. The summed E-state index contributed by atoms with van der Waals surface area (Å²) < 4.78 is 5.63. The number of hydrogen-bond acceptors (Lipinski definition) is 4. The largest absolute Gasteiger partial charge is 0.467 e. The van der Waals surface area contributed by atoms with E-state index in [4.69, 9.17) is 0 Å². The normalized spacial score (nSPS) is 11.7. The molecule has 5 nitrogen and oxygen atoms in total. The van der Waals surface area contributed by atoms with Gasteiger partial charge in [0.15, 0.2) is 0 Å². The molecule has 1 rings (SSSR count). The zero-order valence-corrected chi connectivity index (χ0v) is 12.5. The Balaban J connectivity index is 2.48. The molecule has 1 aromatic rings. The first-order valence-corrected chi connectivity index (χ1v) is 6.62. The van der Waals surface area contributed by atoms with Crippen LogP contribution in [0.5, 0.6) is 0 Å². The Hall–Kier alpha value is -1.40. The highest BCUT2D eigenvalue weighted by Gasteiger charge is 2.19. The first-order chi connectivity index (χ1) is 9.02. The standard InChI is InChI=1S/C13H17BrN2O3/c1-9(17)16-12(13(18)19-2)8-15-7-10-4-3-5-11(14)6-10/h3-6,12,15H,7-8H2,1-2H3,(H,16,17). The number of amides is 1. The summed E-state index contributed by atoms with van der Waals surface area (Å²) in [5.74, 6) is -0.725. The summed E-state index contributed by atoms with van der Waals surface area (Å²) in [6.07, 6.45) is 0. The molecule has 0 saturated carbocycles. The number of nitrogens with one attached hydrogen (secondary N) is 2. The van der Waals surface area contributed by atoms with E-state index in [0.717, 1.165) is 10.0 Å². The van der Waals surface area contributed by atoms with Crippen LogP contribution >= 0.6 is 15.9 Å². The molecular formula is C13H17BrN2O3. The minimum Gasteiger partial charge on any atom is -0.467 e. The molecule has 6 heteroatoms. The summed E-state index contributed by atoms with van der Waals surface area (Å²) in [6, 6.07) is 7.17. The van der Waals surface area contributed by atoms with Crippen molar-refractivity contribution in [2.75, 3.05) is 13.7 Å². The van der Waals surface area contributed by atoms with Crippen molar-refractivity contribution in [2.45, 2.75) is 19.5 Å². The van der Waals surface area contributed by atoms with Gasteiger partial charge in [0.1, 0.15) is 6.04 Å². The second-order valence-corrected chi connectivity index (χ2v) is 4.95. The van der Waals surface area contributed by atoms with E-state index < -0.39 is 12.0 Å². The Kier molecular flexibility index (Phi) is 6.52. The van der Waals surface area contributed by atoms with Gasteiger partial charge in [-0.05, 0) is 17.7 Å². The van der Waals surface area contributed by atoms with E-state index in [1.54, 1.807) is 0 Å². The third-order valence-corrected chi connectivity index (χ3v) is 2.92.